The third-order valence-corrected chi connectivity index (χ3v) is 2.82. The van der Waals surface area contributed by atoms with Crippen molar-refractivity contribution in [2.45, 2.75) is 19.8 Å². The lowest BCUT2D eigenvalue weighted by molar-refractivity contribution is 0.258. The van der Waals surface area contributed by atoms with E-state index in [4.69, 9.17) is 15.7 Å². The molecule has 1 aromatic heterocycles. The Balaban J connectivity index is 2.71. The van der Waals surface area contributed by atoms with Gasteiger partial charge >= 0.3 is 0 Å². The van der Waals surface area contributed by atoms with Crippen LogP contribution in [0.15, 0.2) is 6.33 Å². The quantitative estimate of drug-likeness (QED) is 0.398. The predicted molar refractivity (Wildman–Crippen MR) is 70.4 cm³/mol. The molecule has 7 nitrogen and oxygen atoms in total. The number of hydrogen-bond acceptors (Lipinski definition) is 7. The normalized spacial score (nSPS) is 12.0. The number of hydrazine groups is 1. The highest BCUT2D eigenvalue weighted by atomic mass is 16.5. The molecule has 0 aliphatic rings. The van der Waals surface area contributed by atoms with Crippen LogP contribution in [-0.4, -0.2) is 35.3 Å². The molecule has 18 heavy (non-hydrogen) atoms. The van der Waals surface area contributed by atoms with Crippen LogP contribution in [0.5, 0.6) is 5.75 Å². The van der Waals surface area contributed by atoms with E-state index in [1.54, 1.807) is 0 Å². The van der Waals surface area contributed by atoms with Gasteiger partial charge in [0.2, 0.25) is 5.75 Å². The van der Waals surface area contributed by atoms with Crippen molar-refractivity contribution in [2.24, 2.45) is 11.8 Å². The molecule has 0 bridgehead atoms. The number of aromatic nitrogens is 2. The number of nitrogens with one attached hydrogen (secondary N) is 2. The largest absolute Gasteiger partial charge is 0.490 e. The van der Waals surface area contributed by atoms with Gasteiger partial charge in [0.1, 0.15) is 6.33 Å². The summed E-state index contributed by atoms with van der Waals surface area (Å²) in [5.74, 6) is 7.25. The minimum Gasteiger partial charge on any atom is -0.490 e. The first-order chi connectivity index (χ1) is 8.76. The number of rotatable bonds is 8. The molecule has 102 valence electrons. The summed E-state index contributed by atoms with van der Waals surface area (Å²) in [7, 11) is 1.54. The summed E-state index contributed by atoms with van der Waals surface area (Å²) in [5.41, 5.74) is 2.46. The molecule has 0 amide bonds. The monoisotopic (exact) mass is 255 g/mol. The topological polar surface area (TPSA) is 105 Å². The van der Waals surface area contributed by atoms with E-state index in [-0.39, 0.29) is 6.61 Å². The predicted octanol–water partition coefficient (Wildman–Crippen LogP) is 0.591. The Labute approximate surface area is 107 Å². The van der Waals surface area contributed by atoms with E-state index < -0.39 is 0 Å². The zero-order valence-electron chi connectivity index (χ0n) is 10.8. The number of nitrogens with two attached hydrogens (primary N) is 1. The number of aliphatic hydroxyl groups is 1. The second-order valence-electron chi connectivity index (χ2n) is 3.92. The molecule has 1 rings (SSSR count). The minimum absolute atomic E-state index is 0.191. The van der Waals surface area contributed by atoms with Crippen molar-refractivity contribution in [3.63, 3.8) is 0 Å². The van der Waals surface area contributed by atoms with Crippen LogP contribution in [0.3, 0.4) is 0 Å². The zero-order chi connectivity index (χ0) is 13.4. The van der Waals surface area contributed by atoms with Crippen molar-refractivity contribution in [1.82, 2.24) is 9.97 Å². The zero-order valence-corrected chi connectivity index (χ0v) is 10.8. The van der Waals surface area contributed by atoms with Crippen molar-refractivity contribution >= 4 is 11.6 Å². The summed E-state index contributed by atoms with van der Waals surface area (Å²) in [6.07, 6.45) is 3.16. The maximum absolute atomic E-state index is 8.94. The first-order valence-electron chi connectivity index (χ1n) is 5.97. The number of anilines is 2. The third kappa shape index (κ3) is 3.71. The Bertz CT molecular complexity index is 361. The van der Waals surface area contributed by atoms with Crippen molar-refractivity contribution < 1.29 is 9.84 Å². The van der Waals surface area contributed by atoms with E-state index in [0.717, 1.165) is 12.8 Å². The number of ether oxygens (including phenoxy) is 1. The summed E-state index contributed by atoms with van der Waals surface area (Å²) in [6.45, 7) is 3.00. The molecule has 0 aliphatic carbocycles. The Morgan fingerprint density at radius 3 is 2.72 bits per heavy atom. The van der Waals surface area contributed by atoms with Crippen LogP contribution in [0.1, 0.15) is 19.8 Å². The van der Waals surface area contributed by atoms with Gasteiger partial charge in [0, 0.05) is 13.2 Å². The summed E-state index contributed by atoms with van der Waals surface area (Å²) in [4.78, 5) is 8.08. The van der Waals surface area contributed by atoms with Gasteiger partial charge < -0.3 is 20.6 Å². The molecule has 0 aliphatic heterocycles. The molecular weight excluding hydrogens is 234 g/mol. The van der Waals surface area contributed by atoms with Crippen LogP contribution in [0.4, 0.5) is 11.6 Å². The van der Waals surface area contributed by atoms with Gasteiger partial charge in [-0.25, -0.2) is 15.8 Å². The third-order valence-electron chi connectivity index (χ3n) is 2.82. The number of nitrogens with zero attached hydrogens (tertiary/aromatic N) is 2. The van der Waals surface area contributed by atoms with E-state index in [2.05, 4.69) is 27.6 Å². The van der Waals surface area contributed by atoms with Gasteiger partial charge in [0.05, 0.1) is 7.11 Å². The molecule has 1 atom stereocenters. The van der Waals surface area contributed by atoms with Crippen LogP contribution in [0.25, 0.3) is 0 Å². The minimum atomic E-state index is 0.191. The Hall–Kier alpha value is -1.60. The standard InChI is InChI=1S/C11H21N5O2/c1-3-8(4-5-17)6-13-10-9(18-2)11(16-12)15-7-14-10/h7-8,17H,3-6,12H2,1-2H3,(H2,13,14,15,16). The summed E-state index contributed by atoms with van der Waals surface area (Å²) < 4.78 is 5.21. The van der Waals surface area contributed by atoms with Crippen molar-refractivity contribution in [2.75, 3.05) is 31.0 Å². The van der Waals surface area contributed by atoms with Gasteiger partial charge in [-0.1, -0.05) is 13.3 Å². The maximum Gasteiger partial charge on any atom is 0.205 e. The molecule has 0 fully saturated rings. The van der Waals surface area contributed by atoms with Crippen molar-refractivity contribution in [1.29, 1.82) is 0 Å². The first kappa shape index (κ1) is 14.5. The second kappa shape index (κ2) is 7.67. The van der Waals surface area contributed by atoms with E-state index in [0.29, 0.717) is 29.8 Å². The number of hydrogen-bond donors (Lipinski definition) is 4. The maximum atomic E-state index is 8.94. The fraction of sp³-hybridized carbons (Fsp3) is 0.636. The smallest absolute Gasteiger partial charge is 0.205 e. The molecule has 0 spiro atoms. The molecule has 1 aromatic rings. The highest BCUT2D eigenvalue weighted by Gasteiger charge is 2.12. The Morgan fingerprint density at radius 1 is 1.44 bits per heavy atom. The lowest BCUT2D eigenvalue weighted by Gasteiger charge is -2.17. The second-order valence-corrected chi connectivity index (χ2v) is 3.92. The highest BCUT2D eigenvalue weighted by molar-refractivity contribution is 5.62. The van der Waals surface area contributed by atoms with E-state index in [9.17, 15) is 0 Å². The van der Waals surface area contributed by atoms with Crippen molar-refractivity contribution in [3.8, 4) is 5.75 Å². The number of methoxy groups -OCH3 is 1. The van der Waals surface area contributed by atoms with Crippen LogP contribution in [-0.2, 0) is 0 Å². The summed E-state index contributed by atoms with van der Waals surface area (Å²) in [6, 6.07) is 0. The lowest BCUT2D eigenvalue weighted by atomic mass is 10.0. The average Bonchev–Trinajstić information content (AvgIpc) is 2.42. The molecule has 0 radical (unpaired) electrons. The molecule has 0 saturated heterocycles. The number of nitrogen functional groups attached to an aromatic ring is 1. The molecule has 0 aromatic carbocycles. The van der Waals surface area contributed by atoms with Gasteiger partial charge in [-0.15, -0.1) is 0 Å². The first-order valence-corrected chi connectivity index (χ1v) is 5.97. The van der Waals surface area contributed by atoms with E-state index in [1.165, 1.54) is 13.4 Å². The number of aliphatic hydroxyl groups excluding tert-OH is 1. The van der Waals surface area contributed by atoms with Crippen LogP contribution >= 0.6 is 0 Å². The molecule has 0 saturated carbocycles. The Kier molecular flexibility index (Phi) is 6.16. The van der Waals surface area contributed by atoms with Gasteiger partial charge in [-0.2, -0.15) is 0 Å². The molecule has 5 N–H and O–H groups in total. The fourth-order valence-electron chi connectivity index (χ4n) is 1.67. The van der Waals surface area contributed by atoms with E-state index >= 15 is 0 Å². The van der Waals surface area contributed by atoms with Gasteiger partial charge in [-0.05, 0) is 12.3 Å². The highest BCUT2D eigenvalue weighted by Crippen LogP contribution is 2.28. The molecule has 7 heteroatoms. The Morgan fingerprint density at radius 2 is 2.17 bits per heavy atom. The lowest BCUT2D eigenvalue weighted by Crippen LogP contribution is -2.17. The van der Waals surface area contributed by atoms with Crippen LogP contribution in [0, 0.1) is 5.92 Å². The van der Waals surface area contributed by atoms with Crippen LogP contribution in [0.2, 0.25) is 0 Å². The fourth-order valence-corrected chi connectivity index (χ4v) is 1.67. The van der Waals surface area contributed by atoms with Gasteiger partial charge in [-0.3, -0.25) is 0 Å². The van der Waals surface area contributed by atoms with Gasteiger partial charge in [0.15, 0.2) is 11.6 Å². The van der Waals surface area contributed by atoms with Crippen LogP contribution < -0.4 is 21.3 Å². The van der Waals surface area contributed by atoms with Crippen molar-refractivity contribution in [3.05, 3.63) is 6.33 Å². The summed E-state index contributed by atoms with van der Waals surface area (Å²) in [5, 5.41) is 12.1. The average molecular weight is 255 g/mol. The van der Waals surface area contributed by atoms with E-state index in [1.807, 2.05) is 0 Å². The molecule has 1 heterocycles. The SMILES string of the molecule is CCC(CCO)CNc1ncnc(NN)c1OC. The van der Waals surface area contributed by atoms with Gasteiger partial charge in [0.25, 0.3) is 0 Å². The molecule has 1 unspecified atom stereocenters. The molecular formula is C11H21N5O2. The summed E-state index contributed by atoms with van der Waals surface area (Å²) >= 11 is 0.